The van der Waals surface area contributed by atoms with Crippen molar-refractivity contribution < 1.29 is 9.53 Å². The molecule has 1 saturated heterocycles. The molecule has 1 aliphatic rings. The van der Waals surface area contributed by atoms with Gasteiger partial charge < -0.3 is 15.0 Å². The highest BCUT2D eigenvalue weighted by Gasteiger charge is 2.25. The third-order valence-corrected chi connectivity index (χ3v) is 5.97. The molecule has 0 saturated carbocycles. The minimum absolute atomic E-state index is 0.191. The number of ether oxygens (including phenoxy) is 1. The van der Waals surface area contributed by atoms with Crippen LogP contribution >= 0.6 is 22.9 Å². The molecule has 27 heavy (non-hydrogen) atoms. The largest absolute Gasteiger partial charge is 0.376 e. The van der Waals surface area contributed by atoms with Crippen molar-refractivity contribution in [3.8, 4) is 0 Å². The summed E-state index contributed by atoms with van der Waals surface area (Å²) in [5.41, 5.74) is 2.88. The van der Waals surface area contributed by atoms with Gasteiger partial charge in [-0.15, -0.1) is 11.3 Å². The van der Waals surface area contributed by atoms with Crippen LogP contribution in [0.2, 0.25) is 5.02 Å². The van der Waals surface area contributed by atoms with Gasteiger partial charge in [-0.2, -0.15) is 0 Å². The summed E-state index contributed by atoms with van der Waals surface area (Å²) >= 11 is 7.80. The van der Waals surface area contributed by atoms with Gasteiger partial charge in [0.05, 0.1) is 33.1 Å². The van der Waals surface area contributed by atoms with Gasteiger partial charge in [0.1, 0.15) is 11.3 Å². The van der Waals surface area contributed by atoms with E-state index in [1.807, 2.05) is 19.1 Å². The Morgan fingerprint density at radius 3 is 3.07 bits per heavy atom. The van der Waals surface area contributed by atoms with E-state index in [9.17, 15) is 4.79 Å². The number of aryl methyl sites for hydroxylation is 1. The molecule has 0 spiro atoms. The lowest BCUT2D eigenvalue weighted by molar-refractivity contribution is -0.0211. The third kappa shape index (κ3) is 3.87. The number of thiazole rings is 1. The quantitative estimate of drug-likeness (QED) is 0.688. The third-order valence-electron chi connectivity index (χ3n) is 4.61. The maximum Gasteiger partial charge on any atom is 0.272 e. The molecule has 0 bridgehead atoms. The smallest absolute Gasteiger partial charge is 0.272 e. The molecule has 4 rings (SSSR count). The second-order valence-electron chi connectivity index (χ2n) is 6.74. The SMILES string of the molecule is Cc1nc2[nH]c(C(=O)Nc3ccccc3Cl)c(CN3CCO[C@H](C)C3)c2s1. The molecule has 1 aliphatic heterocycles. The molecule has 1 aromatic carbocycles. The highest BCUT2D eigenvalue weighted by molar-refractivity contribution is 7.18. The number of carbonyl (C=O) groups is 1. The summed E-state index contributed by atoms with van der Waals surface area (Å²) in [5.74, 6) is -0.206. The number of aromatic nitrogens is 2. The van der Waals surface area contributed by atoms with Crippen LogP contribution in [0.5, 0.6) is 0 Å². The van der Waals surface area contributed by atoms with Crippen molar-refractivity contribution in [3.05, 3.63) is 45.6 Å². The molecule has 3 heterocycles. The lowest BCUT2D eigenvalue weighted by atomic mass is 10.2. The summed E-state index contributed by atoms with van der Waals surface area (Å²) < 4.78 is 6.67. The standard InChI is InChI=1S/C19H21ClN4O2S/c1-11-9-24(7-8-26-11)10-13-16(23-18-17(13)27-12(2)21-18)19(25)22-15-6-4-3-5-14(15)20/h3-6,11,23H,7-10H2,1-2H3,(H,22,25)/t11-/m1/s1. The topological polar surface area (TPSA) is 70.2 Å². The van der Waals surface area contributed by atoms with Crippen molar-refractivity contribution in [1.29, 1.82) is 0 Å². The monoisotopic (exact) mass is 404 g/mol. The van der Waals surface area contributed by atoms with Crippen LogP contribution in [0.25, 0.3) is 10.3 Å². The Hall–Kier alpha value is -1.93. The minimum atomic E-state index is -0.206. The van der Waals surface area contributed by atoms with Crippen molar-refractivity contribution in [2.24, 2.45) is 0 Å². The summed E-state index contributed by atoms with van der Waals surface area (Å²) in [6, 6.07) is 7.22. The highest BCUT2D eigenvalue weighted by Crippen LogP contribution is 2.31. The van der Waals surface area contributed by atoms with E-state index in [1.54, 1.807) is 23.5 Å². The highest BCUT2D eigenvalue weighted by atomic mass is 35.5. The van der Waals surface area contributed by atoms with Crippen LogP contribution < -0.4 is 5.32 Å². The second kappa shape index (κ2) is 7.59. The molecule has 142 valence electrons. The van der Waals surface area contributed by atoms with Crippen LogP contribution in [-0.4, -0.2) is 46.6 Å². The number of morpholine rings is 1. The van der Waals surface area contributed by atoms with Crippen molar-refractivity contribution in [2.45, 2.75) is 26.5 Å². The Balaban J connectivity index is 1.66. The number of rotatable bonds is 4. The number of H-pyrrole nitrogens is 1. The molecule has 1 atom stereocenters. The van der Waals surface area contributed by atoms with E-state index in [1.165, 1.54) is 0 Å². The predicted octanol–water partition coefficient (Wildman–Crippen LogP) is 4.06. The number of aromatic amines is 1. The van der Waals surface area contributed by atoms with Gasteiger partial charge in [-0.25, -0.2) is 4.98 Å². The van der Waals surface area contributed by atoms with Gasteiger partial charge in [-0.05, 0) is 26.0 Å². The van der Waals surface area contributed by atoms with Gasteiger partial charge in [-0.1, -0.05) is 23.7 Å². The fraction of sp³-hybridized carbons (Fsp3) is 0.368. The number of nitrogens with one attached hydrogen (secondary N) is 2. The van der Waals surface area contributed by atoms with Gasteiger partial charge in [-0.3, -0.25) is 9.69 Å². The first-order valence-electron chi connectivity index (χ1n) is 8.89. The molecule has 0 radical (unpaired) electrons. The van der Waals surface area contributed by atoms with Crippen LogP contribution in [-0.2, 0) is 11.3 Å². The molecule has 1 fully saturated rings. The Kier molecular flexibility index (Phi) is 5.19. The minimum Gasteiger partial charge on any atom is -0.376 e. The lowest BCUT2D eigenvalue weighted by Crippen LogP contribution is -2.40. The first-order valence-corrected chi connectivity index (χ1v) is 10.1. The van der Waals surface area contributed by atoms with Gasteiger partial charge in [0, 0.05) is 25.2 Å². The van der Waals surface area contributed by atoms with E-state index in [2.05, 4.69) is 27.1 Å². The molecule has 2 N–H and O–H groups in total. The Morgan fingerprint density at radius 1 is 1.48 bits per heavy atom. The van der Waals surface area contributed by atoms with E-state index < -0.39 is 0 Å². The van der Waals surface area contributed by atoms with Crippen molar-refractivity contribution in [3.63, 3.8) is 0 Å². The van der Waals surface area contributed by atoms with Crippen LogP contribution in [0.4, 0.5) is 5.69 Å². The van der Waals surface area contributed by atoms with E-state index in [0.717, 1.165) is 34.0 Å². The second-order valence-corrected chi connectivity index (χ2v) is 8.35. The Labute approximate surface area is 166 Å². The van der Waals surface area contributed by atoms with E-state index >= 15 is 0 Å². The van der Waals surface area contributed by atoms with Crippen LogP contribution in [0.1, 0.15) is 28.0 Å². The fourth-order valence-corrected chi connectivity index (χ4v) is 4.47. The molecular weight excluding hydrogens is 384 g/mol. The van der Waals surface area contributed by atoms with Crippen LogP contribution in [0.3, 0.4) is 0 Å². The lowest BCUT2D eigenvalue weighted by Gasteiger charge is -2.31. The molecule has 6 nitrogen and oxygen atoms in total. The molecule has 0 aliphatic carbocycles. The van der Waals surface area contributed by atoms with Gasteiger partial charge in [0.25, 0.3) is 5.91 Å². The normalized spacial score (nSPS) is 18.1. The molecule has 1 amide bonds. The zero-order valence-electron chi connectivity index (χ0n) is 15.2. The number of amides is 1. The number of fused-ring (bicyclic) bond motifs is 1. The summed E-state index contributed by atoms with van der Waals surface area (Å²) in [7, 11) is 0. The predicted molar refractivity (Wildman–Crippen MR) is 109 cm³/mol. The first kappa shape index (κ1) is 18.4. The molecule has 2 aromatic heterocycles. The van der Waals surface area contributed by atoms with E-state index in [4.69, 9.17) is 16.3 Å². The van der Waals surface area contributed by atoms with Crippen LogP contribution in [0, 0.1) is 6.92 Å². The van der Waals surface area contributed by atoms with E-state index in [-0.39, 0.29) is 12.0 Å². The maximum atomic E-state index is 13.0. The summed E-state index contributed by atoms with van der Waals surface area (Å²) in [6.45, 7) is 7.12. The number of anilines is 1. The number of para-hydroxylation sites is 1. The molecular formula is C19H21ClN4O2S. The first-order chi connectivity index (χ1) is 13.0. The number of carbonyl (C=O) groups excluding carboxylic acids is 1. The van der Waals surface area contributed by atoms with Gasteiger partial charge >= 0.3 is 0 Å². The maximum absolute atomic E-state index is 13.0. The van der Waals surface area contributed by atoms with Crippen LogP contribution in [0.15, 0.2) is 24.3 Å². The Bertz CT molecular complexity index is 983. The average molecular weight is 405 g/mol. The molecule has 3 aromatic rings. The molecule has 0 unspecified atom stereocenters. The van der Waals surface area contributed by atoms with Gasteiger partial charge in [0.15, 0.2) is 0 Å². The molecule has 8 heteroatoms. The van der Waals surface area contributed by atoms with E-state index in [0.29, 0.717) is 29.6 Å². The number of nitrogens with zero attached hydrogens (tertiary/aromatic N) is 2. The zero-order chi connectivity index (χ0) is 19.0. The van der Waals surface area contributed by atoms with Crippen molar-refractivity contribution >= 4 is 44.9 Å². The van der Waals surface area contributed by atoms with Crippen molar-refractivity contribution in [2.75, 3.05) is 25.0 Å². The summed E-state index contributed by atoms with van der Waals surface area (Å²) in [6.07, 6.45) is 0.191. The van der Waals surface area contributed by atoms with Gasteiger partial charge in [0.2, 0.25) is 0 Å². The zero-order valence-corrected chi connectivity index (χ0v) is 16.8. The number of halogens is 1. The number of hydrogen-bond donors (Lipinski definition) is 2. The summed E-state index contributed by atoms with van der Waals surface area (Å²) in [4.78, 5) is 23.0. The Morgan fingerprint density at radius 2 is 2.30 bits per heavy atom. The number of hydrogen-bond acceptors (Lipinski definition) is 5. The fourth-order valence-electron chi connectivity index (χ4n) is 3.37. The number of benzene rings is 1. The average Bonchev–Trinajstić information content (AvgIpc) is 3.14. The summed E-state index contributed by atoms with van der Waals surface area (Å²) in [5, 5.41) is 4.40. The van der Waals surface area contributed by atoms with Crippen molar-refractivity contribution in [1.82, 2.24) is 14.9 Å².